The minimum absolute atomic E-state index is 0.153. The molecule has 0 radical (unpaired) electrons. The van der Waals surface area contributed by atoms with Crippen molar-refractivity contribution in [1.29, 1.82) is 0 Å². The highest BCUT2D eigenvalue weighted by atomic mass is 79.9. The molecule has 1 aliphatic carbocycles. The quantitative estimate of drug-likeness (QED) is 0.499. The Morgan fingerprint density at radius 2 is 1.80 bits per heavy atom. The van der Waals surface area contributed by atoms with E-state index >= 15 is 0 Å². The van der Waals surface area contributed by atoms with Crippen LogP contribution < -0.4 is 4.72 Å². The van der Waals surface area contributed by atoms with Gasteiger partial charge in [-0.05, 0) is 70.4 Å². The third-order valence-electron chi connectivity index (χ3n) is 5.38. The predicted octanol–water partition coefficient (Wildman–Crippen LogP) is 5.07. The lowest BCUT2D eigenvalue weighted by atomic mass is 9.91. The smallest absolute Gasteiger partial charge is 0.268 e. The van der Waals surface area contributed by atoms with Gasteiger partial charge in [0, 0.05) is 32.5 Å². The highest BCUT2D eigenvalue weighted by Crippen LogP contribution is 2.40. The number of rotatable bonds is 4. The van der Waals surface area contributed by atoms with Crippen molar-refractivity contribution in [2.75, 3.05) is 0 Å². The molecule has 0 bridgehead atoms. The molecule has 1 heterocycles. The molecule has 5 nitrogen and oxygen atoms in total. The Kier molecular flexibility index (Phi) is 5.83. The number of aromatic nitrogens is 1. The van der Waals surface area contributed by atoms with Gasteiger partial charge in [-0.15, -0.1) is 4.72 Å². The molecule has 0 spiro atoms. The van der Waals surface area contributed by atoms with E-state index in [2.05, 4.69) is 20.7 Å². The summed E-state index contributed by atoms with van der Waals surface area (Å²) in [4.78, 5) is 0.252. The summed E-state index contributed by atoms with van der Waals surface area (Å²) < 4.78 is 45.3. The van der Waals surface area contributed by atoms with Crippen LogP contribution in [0.5, 0.6) is 0 Å². The van der Waals surface area contributed by atoms with Gasteiger partial charge in [0.25, 0.3) is 10.0 Å². The molecule has 4 rings (SSSR count). The Balaban J connectivity index is 1.91. The molecule has 3 aromatic rings. The number of para-hydroxylation sites is 1. The number of hydrogen-bond acceptors (Lipinski definition) is 4. The summed E-state index contributed by atoms with van der Waals surface area (Å²) >= 11 is 2.12. The topological polar surface area (TPSA) is 74.2 Å². The van der Waals surface area contributed by atoms with Gasteiger partial charge >= 0.3 is 0 Å². The highest BCUT2D eigenvalue weighted by Gasteiger charge is 2.36. The lowest BCUT2D eigenvalue weighted by Gasteiger charge is -2.30. The molecule has 0 saturated heterocycles. The summed E-state index contributed by atoms with van der Waals surface area (Å²) in [5.41, 5.74) is 2.41. The molecule has 0 amide bonds. The standard InChI is InChI=1S/C22H25BrN2O3S2/c1-22(2,3)29(26)24-18-8-6-10-20-21(18)17-7-4-5-9-19(17)25(20)30(27,28)16-13-11-15(23)12-14-16/h4-5,7,9,11-14,18,24H,6,8,10H2,1-3H3/t18-,29+/m0/s1. The first-order valence-corrected chi connectivity index (χ1v) is 13.3. The largest absolute Gasteiger partial charge is 0.598 e. The van der Waals surface area contributed by atoms with E-state index in [0.717, 1.165) is 34.0 Å². The second-order valence-corrected chi connectivity index (χ2v) is 13.2. The summed E-state index contributed by atoms with van der Waals surface area (Å²) in [7, 11) is -3.77. The fourth-order valence-corrected chi connectivity index (χ4v) is 6.64. The molecule has 0 unspecified atom stereocenters. The zero-order chi connectivity index (χ0) is 21.7. The van der Waals surface area contributed by atoms with Crippen molar-refractivity contribution in [1.82, 2.24) is 8.69 Å². The van der Waals surface area contributed by atoms with Crippen molar-refractivity contribution in [3.63, 3.8) is 0 Å². The SMILES string of the molecule is CC(C)(C)[S@@+]([O-])N[C@H]1CCCc2c1c1ccccc1n2S(=O)(=O)c1ccc(Br)cc1. The van der Waals surface area contributed by atoms with Crippen LogP contribution in [0.2, 0.25) is 0 Å². The molecule has 8 heteroatoms. The van der Waals surface area contributed by atoms with Crippen LogP contribution in [0.15, 0.2) is 57.9 Å². The first-order chi connectivity index (χ1) is 14.1. The average molecular weight is 509 g/mol. The van der Waals surface area contributed by atoms with Gasteiger partial charge in [-0.3, -0.25) is 0 Å². The molecule has 1 aliphatic rings. The van der Waals surface area contributed by atoms with Gasteiger partial charge in [-0.2, -0.15) is 0 Å². The molecular weight excluding hydrogens is 484 g/mol. The minimum atomic E-state index is -3.77. The van der Waals surface area contributed by atoms with Crippen molar-refractivity contribution in [3.05, 3.63) is 64.3 Å². The third kappa shape index (κ3) is 3.84. The van der Waals surface area contributed by atoms with Crippen molar-refractivity contribution in [2.24, 2.45) is 0 Å². The number of nitrogens with zero attached hydrogens (tertiary/aromatic N) is 1. The summed E-state index contributed by atoms with van der Waals surface area (Å²) in [5.74, 6) is 0. The third-order valence-corrected chi connectivity index (χ3v) is 9.29. The molecular formula is C22H25BrN2O3S2. The van der Waals surface area contributed by atoms with Crippen LogP contribution in [0, 0.1) is 0 Å². The average Bonchev–Trinajstić information content (AvgIpc) is 3.03. The van der Waals surface area contributed by atoms with E-state index in [9.17, 15) is 13.0 Å². The van der Waals surface area contributed by atoms with Crippen LogP contribution in [-0.2, 0) is 27.8 Å². The number of hydrogen-bond donors (Lipinski definition) is 1. The lowest BCUT2D eigenvalue weighted by molar-refractivity contribution is 0.488. The lowest BCUT2D eigenvalue weighted by Crippen LogP contribution is -2.42. The van der Waals surface area contributed by atoms with Gasteiger partial charge < -0.3 is 4.55 Å². The fraction of sp³-hybridized carbons (Fsp3) is 0.364. The number of nitrogens with one attached hydrogen (secondary N) is 1. The first kappa shape index (κ1) is 21.9. The summed E-state index contributed by atoms with van der Waals surface area (Å²) in [6.07, 6.45) is 2.32. The fourth-order valence-electron chi connectivity index (χ4n) is 3.94. The summed E-state index contributed by atoms with van der Waals surface area (Å²) in [6.45, 7) is 5.80. The Bertz CT molecular complexity index is 1180. The number of fused-ring (bicyclic) bond motifs is 3. The maximum absolute atomic E-state index is 13.6. The summed E-state index contributed by atoms with van der Waals surface area (Å²) in [6, 6.07) is 14.2. The second-order valence-electron chi connectivity index (χ2n) is 8.54. The molecule has 0 saturated carbocycles. The van der Waals surface area contributed by atoms with E-state index in [1.807, 2.05) is 45.0 Å². The monoisotopic (exact) mass is 508 g/mol. The Labute approximate surface area is 189 Å². The Morgan fingerprint density at radius 3 is 2.47 bits per heavy atom. The van der Waals surface area contributed by atoms with Gasteiger partial charge in [0.05, 0.1) is 16.5 Å². The predicted molar refractivity (Wildman–Crippen MR) is 125 cm³/mol. The van der Waals surface area contributed by atoms with Gasteiger partial charge in [0.15, 0.2) is 0 Å². The second kappa shape index (κ2) is 7.98. The van der Waals surface area contributed by atoms with Crippen molar-refractivity contribution < 1.29 is 13.0 Å². The van der Waals surface area contributed by atoms with Gasteiger partial charge in [-0.1, -0.05) is 34.1 Å². The van der Waals surface area contributed by atoms with Gasteiger partial charge in [-0.25, -0.2) is 12.4 Å². The van der Waals surface area contributed by atoms with Gasteiger partial charge in [0.1, 0.15) is 4.75 Å². The van der Waals surface area contributed by atoms with E-state index in [4.69, 9.17) is 0 Å². The van der Waals surface area contributed by atoms with Crippen LogP contribution in [-0.4, -0.2) is 21.7 Å². The molecule has 0 fully saturated rings. The Morgan fingerprint density at radius 1 is 1.13 bits per heavy atom. The van der Waals surface area contributed by atoms with E-state index in [0.29, 0.717) is 11.9 Å². The minimum Gasteiger partial charge on any atom is -0.598 e. The van der Waals surface area contributed by atoms with Crippen molar-refractivity contribution in [3.8, 4) is 0 Å². The van der Waals surface area contributed by atoms with Crippen LogP contribution >= 0.6 is 15.9 Å². The van der Waals surface area contributed by atoms with E-state index in [1.165, 1.54) is 3.97 Å². The van der Waals surface area contributed by atoms with E-state index in [1.54, 1.807) is 24.3 Å². The number of benzene rings is 2. The molecule has 2 atom stereocenters. The molecule has 1 N–H and O–H groups in total. The van der Waals surface area contributed by atoms with Crippen LogP contribution in [0.25, 0.3) is 10.9 Å². The maximum Gasteiger partial charge on any atom is 0.268 e. The van der Waals surface area contributed by atoms with Crippen LogP contribution in [0.3, 0.4) is 0 Å². The normalized spacial score (nSPS) is 18.4. The molecule has 1 aromatic heterocycles. The maximum atomic E-state index is 13.6. The molecule has 0 aliphatic heterocycles. The van der Waals surface area contributed by atoms with Crippen LogP contribution in [0.1, 0.15) is 50.9 Å². The molecule has 2 aromatic carbocycles. The highest BCUT2D eigenvalue weighted by molar-refractivity contribution is 9.10. The van der Waals surface area contributed by atoms with E-state index in [-0.39, 0.29) is 10.9 Å². The van der Waals surface area contributed by atoms with Crippen molar-refractivity contribution in [2.45, 2.75) is 55.7 Å². The first-order valence-electron chi connectivity index (χ1n) is 9.92. The zero-order valence-electron chi connectivity index (χ0n) is 17.2. The Hall–Kier alpha value is -1.32. The summed E-state index contributed by atoms with van der Waals surface area (Å²) in [5, 5.41) is 0.899. The van der Waals surface area contributed by atoms with Crippen molar-refractivity contribution >= 4 is 48.2 Å². The van der Waals surface area contributed by atoms with E-state index < -0.39 is 26.1 Å². The zero-order valence-corrected chi connectivity index (χ0v) is 20.4. The van der Waals surface area contributed by atoms with Crippen LogP contribution in [0.4, 0.5) is 0 Å². The van der Waals surface area contributed by atoms with Gasteiger partial charge in [0.2, 0.25) is 0 Å². The molecule has 160 valence electrons. The number of halogens is 1. The molecule has 30 heavy (non-hydrogen) atoms.